The molecule has 1 aromatic heterocycles. The Balaban J connectivity index is 0.00000300. The van der Waals surface area contributed by atoms with Gasteiger partial charge < -0.3 is 4.90 Å². The summed E-state index contributed by atoms with van der Waals surface area (Å²) in [7, 11) is 0.320. The van der Waals surface area contributed by atoms with Crippen molar-refractivity contribution in [1.29, 1.82) is 0 Å². The van der Waals surface area contributed by atoms with Crippen LogP contribution in [0.3, 0.4) is 0 Å². The molecule has 0 saturated carbocycles. The average Bonchev–Trinajstić information content (AvgIpc) is 3.03. The molecule has 0 saturated heterocycles. The fourth-order valence-corrected chi connectivity index (χ4v) is 4.80. The molecule has 0 spiro atoms. The van der Waals surface area contributed by atoms with Crippen molar-refractivity contribution >= 4 is 54.8 Å². The van der Waals surface area contributed by atoms with E-state index < -0.39 is 9.84 Å². The Morgan fingerprint density at radius 2 is 1.79 bits per heavy atom. The highest BCUT2D eigenvalue weighted by molar-refractivity contribution is 7.90. The maximum Gasteiger partial charge on any atom is 0.261 e. The zero-order valence-corrected chi connectivity index (χ0v) is 19.2. The summed E-state index contributed by atoms with van der Waals surface area (Å²) in [5, 5.41) is 0.566. The number of carbonyl (C=O) groups is 1. The van der Waals surface area contributed by atoms with Gasteiger partial charge in [-0.3, -0.25) is 9.69 Å². The third kappa shape index (κ3) is 5.33. The summed E-state index contributed by atoms with van der Waals surface area (Å²) >= 11 is 1.43. The molecule has 0 bridgehead atoms. The molecule has 0 N–H and O–H groups in total. The molecule has 1 amide bonds. The van der Waals surface area contributed by atoms with Crippen LogP contribution in [0.2, 0.25) is 0 Å². The Hall–Kier alpha value is -2.00. The second kappa shape index (κ2) is 9.21. The fourth-order valence-electron chi connectivity index (χ4n) is 2.83. The first-order valence-electron chi connectivity index (χ1n) is 8.79. The van der Waals surface area contributed by atoms with E-state index in [2.05, 4.69) is 4.98 Å². The number of aromatic nitrogens is 1. The maximum atomic E-state index is 13.4. The lowest BCUT2D eigenvalue weighted by atomic mass is 10.2. The number of aryl methyl sites for hydroxylation is 1. The molecule has 0 unspecified atom stereocenters. The predicted molar refractivity (Wildman–Crippen MR) is 121 cm³/mol. The molecule has 0 aliphatic carbocycles. The largest absolute Gasteiger partial charge is 0.308 e. The Labute approximate surface area is 181 Å². The first-order valence-corrected chi connectivity index (χ1v) is 11.5. The van der Waals surface area contributed by atoms with Crippen LogP contribution in [0, 0.1) is 6.92 Å². The minimum atomic E-state index is -3.53. The van der Waals surface area contributed by atoms with Crippen LogP contribution in [-0.2, 0) is 9.84 Å². The lowest BCUT2D eigenvalue weighted by molar-refractivity contribution is 0.0982. The van der Waals surface area contributed by atoms with Crippen molar-refractivity contribution < 1.29 is 13.2 Å². The number of benzene rings is 2. The summed E-state index contributed by atoms with van der Waals surface area (Å²) in [5.41, 5.74) is 2.11. The first-order chi connectivity index (χ1) is 13.2. The number of fused-ring (bicyclic) bond motifs is 1. The van der Waals surface area contributed by atoms with Crippen molar-refractivity contribution in [2.24, 2.45) is 0 Å². The van der Waals surface area contributed by atoms with Crippen LogP contribution in [0.1, 0.15) is 15.9 Å². The summed E-state index contributed by atoms with van der Waals surface area (Å²) < 4.78 is 25.3. The predicted octanol–water partition coefficient (Wildman–Crippen LogP) is 3.64. The normalized spacial score (nSPS) is 11.5. The van der Waals surface area contributed by atoms with Crippen LogP contribution in [0.25, 0.3) is 10.2 Å². The van der Waals surface area contributed by atoms with E-state index in [1.165, 1.54) is 17.4 Å². The molecule has 0 aliphatic rings. The monoisotopic (exact) mass is 453 g/mol. The molecule has 29 heavy (non-hydrogen) atoms. The van der Waals surface area contributed by atoms with Gasteiger partial charge in [0.25, 0.3) is 5.91 Å². The van der Waals surface area contributed by atoms with Gasteiger partial charge in [-0.15, -0.1) is 12.4 Å². The number of carbonyl (C=O) groups excluding carboxylic acids is 1. The number of likely N-dealkylation sites (N-methyl/N-ethyl adjacent to an activating group) is 1. The molecule has 0 aliphatic heterocycles. The Morgan fingerprint density at radius 1 is 1.10 bits per heavy atom. The summed E-state index contributed by atoms with van der Waals surface area (Å²) in [6.07, 6.45) is 1.11. The van der Waals surface area contributed by atoms with E-state index in [0.717, 1.165) is 22.0 Å². The molecular weight excluding hydrogens is 430 g/mol. The number of sulfone groups is 1. The molecular formula is C20H24ClN3O3S2. The summed E-state index contributed by atoms with van der Waals surface area (Å²) in [6, 6.07) is 12.3. The second-order valence-electron chi connectivity index (χ2n) is 7.00. The maximum absolute atomic E-state index is 13.4. The van der Waals surface area contributed by atoms with E-state index in [4.69, 9.17) is 0 Å². The van der Waals surface area contributed by atoms with Gasteiger partial charge in [-0.1, -0.05) is 29.5 Å². The summed E-state index contributed by atoms with van der Waals surface area (Å²) in [4.78, 5) is 21.6. The van der Waals surface area contributed by atoms with E-state index >= 15 is 0 Å². The summed E-state index contributed by atoms with van der Waals surface area (Å²) in [6.45, 7) is 3.04. The van der Waals surface area contributed by atoms with Crippen molar-refractivity contribution in [2.45, 2.75) is 11.8 Å². The third-order valence-corrected chi connectivity index (χ3v) is 6.49. The number of halogens is 1. The van der Waals surface area contributed by atoms with Crippen molar-refractivity contribution in [1.82, 2.24) is 9.88 Å². The number of amides is 1. The zero-order valence-electron chi connectivity index (χ0n) is 16.7. The molecule has 2 aromatic carbocycles. The zero-order chi connectivity index (χ0) is 20.5. The highest BCUT2D eigenvalue weighted by Crippen LogP contribution is 2.31. The van der Waals surface area contributed by atoms with Crippen LogP contribution < -0.4 is 4.90 Å². The fraction of sp³-hybridized carbons (Fsp3) is 0.300. The van der Waals surface area contributed by atoms with Crippen molar-refractivity contribution in [3.8, 4) is 0 Å². The van der Waals surface area contributed by atoms with Crippen LogP contribution >= 0.6 is 23.7 Å². The van der Waals surface area contributed by atoms with E-state index in [9.17, 15) is 13.2 Å². The molecule has 3 rings (SSSR count). The lowest BCUT2D eigenvalue weighted by Crippen LogP contribution is -2.37. The molecule has 3 aromatic rings. The molecule has 1 heterocycles. The smallest absolute Gasteiger partial charge is 0.261 e. The molecule has 0 radical (unpaired) electrons. The number of nitrogens with zero attached hydrogens (tertiary/aromatic N) is 3. The van der Waals surface area contributed by atoms with Gasteiger partial charge in [0.05, 0.1) is 20.7 Å². The van der Waals surface area contributed by atoms with Crippen molar-refractivity contribution in [3.63, 3.8) is 0 Å². The standard InChI is InChI=1S/C20H23N3O3S2.ClH/c1-14-9-10-16-17(13-14)27-20(21-16)23(12-11-22(2)3)19(24)15-7-5-6-8-18(15)28(4,25)26;/h5-10,13H,11-12H2,1-4H3;1H. The van der Waals surface area contributed by atoms with E-state index in [1.54, 1.807) is 23.1 Å². The highest BCUT2D eigenvalue weighted by atomic mass is 35.5. The number of rotatable bonds is 6. The highest BCUT2D eigenvalue weighted by Gasteiger charge is 2.26. The van der Waals surface area contributed by atoms with Crippen molar-refractivity contribution in [2.75, 3.05) is 38.3 Å². The molecule has 156 valence electrons. The minimum Gasteiger partial charge on any atom is -0.308 e. The lowest BCUT2D eigenvalue weighted by Gasteiger charge is -2.22. The number of anilines is 1. The molecule has 0 fully saturated rings. The van der Waals surface area contributed by atoms with Gasteiger partial charge in [0, 0.05) is 19.3 Å². The van der Waals surface area contributed by atoms with Gasteiger partial charge in [-0.2, -0.15) is 0 Å². The Kier molecular flexibility index (Phi) is 7.40. The van der Waals surface area contributed by atoms with E-state index in [1.807, 2.05) is 44.1 Å². The van der Waals surface area contributed by atoms with Crippen LogP contribution in [0.4, 0.5) is 5.13 Å². The number of thiazole rings is 1. The van der Waals surface area contributed by atoms with Crippen LogP contribution in [0.5, 0.6) is 0 Å². The topological polar surface area (TPSA) is 70.6 Å². The van der Waals surface area contributed by atoms with E-state index in [-0.39, 0.29) is 28.8 Å². The Morgan fingerprint density at radius 3 is 2.45 bits per heavy atom. The quantitative estimate of drug-likeness (QED) is 0.569. The second-order valence-corrected chi connectivity index (χ2v) is 9.99. The van der Waals surface area contributed by atoms with Gasteiger partial charge in [0.1, 0.15) is 0 Å². The SMILES string of the molecule is Cc1ccc2nc(N(CCN(C)C)C(=O)c3ccccc3S(C)(=O)=O)sc2c1.Cl. The minimum absolute atomic E-state index is 0. The van der Waals surface area contributed by atoms with Crippen LogP contribution in [0.15, 0.2) is 47.4 Å². The van der Waals surface area contributed by atoms with E-state index in [0.29, 0.717) is 18.2 Å². The van der Waals surface area contributed by atoms with Crippen molar-refractivity contribution in [3.05, 3.63) is 53.6 Å². The first kappa shape index (κ1) is 23.3. The molecule has 9 heteroatoms. The Bertz CT molecular complexity index is 1130. The number of hydrogen-bond donors (Lipinski definition) is 0. The van der Waals surface area contributed by atoms with Gasteiger partial charge in [-0.05, 0) is 50.8 Å². The average molecular weight is 454 g/mol. The molecule has 0 atom stereocenters. The van der Waals surface area contributed by atoms with Gasteiger partial charge >= 0.3 is 0 Å². The van der Waals surface area contributed by atoms with Gasteiger partial charge in [0.15, 0.2) is 15.0 Å². The molecule has 6 nitrogen and oxygen atoms in total. The van der Waals surface area contributed by atoms with Gasteiger partial charge in [-0.25, -0.2) is 13.4 Å². The van der Waals surface area contributed by atoms with Gasteiger partial charge in [0.2, 0.25) is 0 Å². The summed E-state index contributed by atoms with van der Waals surface area (Å²) in [5.74, 6) is -0.362. The third-order valence-electron chi connectivity index (χ3n) is 4.30. The number of hydrogen-bond acceptors (Lipinski definition) is 6. The van der Waals surface area contributed by atoms with Crippen LogP contribution in [-0.4, -0.2) is 57.6 Å².